The van der Waals surface area contributed by atoms with E-state index in [0.29, 0.717) is 23.7 Å². The second kappa shape index (κ2) is 7.24. The van der Waals surface area contributed by atoms with Crippen molar-refractivity contribution < 1.29 is 14.3 Å². The van der Waals surface area contributed by atoms with Crippen LogP contribution in [0, 0.1) is 6.92 Å². The second-order valence-electron chi connectivity index (χ2n) is 7.95. The average molecular weight is 388 g/mol. The van der Waals surface area contributed by atoms with E-state index in [1.807, 2.05) is 55.5 Å². The predicted molar refractivity (Wildman–Crippen MR) is 114 cm³/mol. The van der Waals surface area contributed by atoms with Crippen LogP contribution >= 0.6 is 0 Å². The summed E-state index contributed by atoms with van der Waals surface area (Å²) in [4.78, 5) is 17.1. The number of anilines is 1. The number of carbonyl (C=O) groups is 1. The van der Waals surface area contributed by atoms with Crippen molar-refractivity contribution in [3.63, 3.8) is 0 Å². The molecule has 0 saturated carbocycles. The zero-order valence-electron chi connectivity index (χ0n) is 17.1. The zero-order chi connectivity index (χ0) is 20.6. The van der Waals surface area contributed by atoms with Crippen LogP contribution in [0.25, 0.3) is 11.1 Å². The van der Waals surface area contributed by atoms with E-state index in [4.69, 9.17) is 9.47 Å². The average Bonchev–Trinajstić information content (AvgIpc) is 3.02. The fourth-order valence-corrected chi connectivity index (χ4v) is 3.56. The van der Waals surface area contributed by atoms with Crippen molar-refractivity contribution in [3.05, 3.63) is 71.4 Å². The maximum Gasteiger partial charge on any atom is 0.255 e. The molecule has 1 N–H and O–H groups in total. The molecule has 5 heteroatoms. The normalized spacial score (nSPS) is 14.1. The topological polar surface area (TPSA) is 60.5 Å². The highest BCUT2D eigenvalue weighted by molar-refractivity contribution is 6.05. The number of hydrogen-bond donors (Lipinski definition) is 1. The Morgan fingerprint density at radius 3 is 2.62 bits per heavy atom. The van der Waals surface area contributed by atoms with Gasteiger partial charge in [0.1, 0.15) is 5.75 Å². The Morgan fingerprint density at radius 1 is 1.14 bits per heavy atom. The fraction of sp³-hybridized carbons (Fsp3) is 0.250. The molecular weight excluding hydrogens is 364 g/mol. The zero-order valence-corrected chi connectivity index (χ0v) is 17.1. The summed E-state index contributed by atoms with van der Waals surface area (Å²) in [7, 11) is 1.60. The van der Waals surface area contributed by atoms with Crippen LogP contribution in [0.5, 0.6) is 11.6 Å². The molecule has 2 heterocycles. The van der Waals surface area contributed by atoms with Crippen LogP contribution < -0.4 is 14.8 Å². The van der Waals surface area contributed by atoms with E-state index in [1.165, 1.54) is 0 Å². The molecule has 1 amide bonds. The lowest BCUT2D eigenvalue weighted by atomic mass is 9.85. The van der Waals surface area contributed by atoms with Gasteiger partial charge in [-0.25, -0.2) is 4.98 Å². The van der Waals surface area contributed by atoms with Gasteiger partial charge < -0.3 is 14.8 Å². The Bertz CT molecular complexity index is 1070. The third-order valence-corrected chi connectivity index (χ3v) is 5.22. The molecule has 0 fully saturated rings. The molecule has 0 radical (unpaired) electrons. The molecule has 4 rings (SSSR count). The molecule has 0 unspecified atom stereocenters. The number of hydrogen-bond acceptors (Lipinski definition) is 4. The molecule has 0 aliphatic carbocycles. The number of benzene rings is 2. The fourth-order valence-electron chi connectivity index (χ4n) is 3.56. The van der Waals surface area contributed by atoms with Gasteiger partial charge in [-0.2, -0.15) is 0 Å². The summed E-state index contributed by atoms with van der Waals surface area (Å²) >= 11 is 0. The summed E-state index contributed by atoms with van der Waals surface area (Å²) in [6.07, 6.45) is 1.69. The number of aryl methyl sites for hydroxylation is 1. The smallest absolute Gasteiger partial charge is 0.255 e. The lowest BCUT2D eigenvalue weighted by molar-refractivity contribution is 0.102. The van der Waals surface area contributed by atoms with E-state index in [2.05, 4.69) is 24.1 Å². The first-order valence-electron chi connectivity index (χ1n) is 9.58. The number of pyridine rings is 1. The molecule has 0 saturated heterocycles. The maximum absolute atomic E-state index is 12.8. The Kier molecular flexibility index (Phi) is 4.74. The number of rotatable bonds is 4. The van der Waals surface area contributed by atoms with Crippen LogP contribution in [-0.2, 0) is 5.41 Å². The first-order chi connectivity index (χ1) is 13.9. The van der Waals surface area contributed by atoms with Crippen LogP contribution in [0.4, 0.5) is 5.69 Å². The van der Waals surface area contributed by atoms with Crippen LogP contribution in [0.2, 0.25) is 0 Å². The minimum Gasteiger partial charge on any atom is -0.492 e. The highest BCUT2D eigenvalue weighted by Crippen LogP contribution is 2.47. The molecule has 3 aromatic rings. The van der Waals surface area contributed by atoms with Crippen LogP contribution in [-0.4, -0.2) is 24.6 Å². The lowest BCUT2D eigenvalue weighted by Gasteiger charge is -2.18. The molecule has 148 valence electrons. The van der Waals surface area contributed by atoms with Gasteiger partial charge in [0.05, 0.1) is 13.7 Å². The minimum atomic E-state index is -0.163. The quantitative estimate of drug-likeness (QED) is 0.684. The number of methoxy groups -OCH3 is 1. The Morgan fingerprint density at radius 2 is 1.90 bits per heavy atom. The third-order valence-electron chi connectivity index (χ3n) is 5.22. The summed E-state index contributed by atoms with van der Waals surface area (Å²) in [5.74, 6) is 1.19. The molecule has 1 aromatic heterocycles. The Hall–Kier alpha value is -3.34. The number of ether oxygens (including phenoxy) is 2. The first kappa shape index (κ1) is 19.0. The monoisotopic (exact) mass is 388 g/mol. The van der Waals surface area contributed by atoms with Gasteiger partial charge in [0, 0.05) is 39.6 Å². The highest BCUT2D eigenvalue weighted by Gasteiger charge is 2.35. The largest absolute Gasteiger partial charge is 0.492 e. The number of aromatic nitrogens is 1. The molecule has 1 aliphatic rings. The summed E-state index contributed by atoms with van der Waals surface area (Å²) in [5.41, 5.74) is 5.03. The highest BCUT2D eigenvalue weighted by atomic mass is 16.5. The van der Waals surface area contributed by atoms with Gasteiger partial charge in [0.25, 0.3) is 5.91 Å². The number of carbonyl (C=O) groups excluding carboxylic acids is 1. The van der Waals surface area contributed by atoms with Crippen molar-refractivity contribution >= 4 is 11.6 Å². The van der Waals surface area contributed by atoms with Gasteiger partial charge in [-0.3, -0.25) is 4.79 Å². The molecule has 1 aliphatic heterocycles. The van der Waals surface area contributed by atoms with Gasteiger partial charge in [-0.05, 0) is 43.3 Å². The Balaban J connectivity index is 1.80. The van der Waals surface area contributed by atoms with Gasteiger partial charge in [0.2, 0.25) is 5.88 Å². The van der Waals surface area contributed by atoms with E-state index >= 15 is 0 Å². The predicted octanol–water partition coefficient (Wildman–Crippen LogP) is 4.99. The van der Waals surface area contributed by atoms with E-state index in [0.717, 1.165) is 28.0 Å². The van der Waals surface area contributed by atoms with Crippen molar-refractivity contribution in [3.8, 4) is 22.8 Å². The van der Waals surface area contributed by atoms with E-state index in [9.17, 15) is 4.79 Å². The third kappa shape index (κ3) is 3.56. The Labute approximate surface area is 170 Å². The van der Waals surface area contributed by atoms with Crippen molar-refractivity contribution in [2.24, 2.45) is 0 Å². The number of nitrogens with zero attached hydrogens (tertiary/aromatic N) is 1. The summed E-state index contributed by atoms with van der Waals surface area (Å²) in [6.45, 7) is 6.84. The van der Waals surface area contributed by atoms with Crippen LogP contribution in [0.3, 0.4) is 0 Å². The van der Waals surface area contributed by atoms with Crippen LogP contribution in [0.1, 0.15) is 35.3 Å². The summed E-state index contributed by atoms with van der Waals surface area (Å²) in [5, 5.41) is 3.04. The lowest BCUT2D eigenvalue weighted by Crippen LogP contribution is -2.18. The van der Waals surface area contributed by atoms with Crippen molar-refractivity contribution in [1.82, 2.24) is 4.98 Å². The van der Waals surface area contributed by atoms with Gasteiger partial charge in [0.15, 0.2) is 0 Å². The second-order valence-corrected chi connectivity index (χ2v) is 7.95. The molecule has 29 heavy (non-hydrogen) atoms. The molecule has 0 atom stereocenters. The van der Waals surface area contributed by atoms with E-state index in [1.54, 1.807) is 13.3 Å². The summed E-state index contributed by atoms with van der Waals surface area (Å²) in [6, 6.07) is 15.3. The SMILES string of the molecule is COc1ncccc1-c1cc(NC(=O)c2ccc(C)cc2)cc2c1OCC2(C)C. The van der Waals surface area contributed by atoms with E-state index < -0.39 is 0 Å². The van der Waals surface area contributed by atoms with Crippen molar-refractivity contribution in [1.29, 1.82) is 0 Å². The van der Waals surface area contributed by atoms with E-state index in [-0.39, 0.29) is 11.3 Å². The number of fused-ring (bicyclic) bond motifs is 1. The number of amides is 1. The first-order valence-corrected chi connectivity index (χ1v) is 9.58. The molecular formula is C24H24N2O3. The minimum absolute atomic E-state index is 0.147. The van der Waals surface area contributed by atoms with Gasteiger partial charge >= 0.3 is 0 Å². The standard InChI is InChI=1S/C24H24N2O3/c1-15-7-9-16(10-8-15)22(27)26-17-12-19(18-6-5-11-25-23(18)28-4)21-20(13-17)24(2,3)14-29-21/h5-13H,14H2,1-4H3,(H,26,27). The van der Waals surface area contributed by atoms with Crippen molar-refractivity contribution in [2.75, 3.05) is 19.0 Å². The molecule has 0 spiro atoms. The van der Waals surface area contributed by atoms with Crippen molar-refractivity contribution in [2.45, 2.75) is 26.2 Å². The van der Waals surface area contributed by atoms with Gasteiger partial charge in [-0.1, -0.05) is 31.5 Å². The maximum atomic E-state index is 12.8. The summed E-state index contributed by atoms with van der Waals surface area (Å²) < 4.78 is 11.5. The van der Waals surface area contributed by atoms with Gasteiger partial charge in [-0.15, -0.1) is 0 Å². The number of nitrogens with one attached hydrogen (secondary N) is 1. The molecule has 2 aromatic carbocycles. The molecule has 5 nitrogen and oxygen atoms in total. The molecule has 0 bridgehead atoms. The van der Waals surface area contributed by atoms with Crippen LogP contribution in [0.15, 0.2) is 54.7 Å².